The van der Waals surface area contributed by atoms with Crippen LogP contribution in [0.4, 0.5) is 5.69 Å². The number of amides is 1. The fourth-order valence-electron chi connectivity index (χ4n) is 3.64. The summed E-state index contributed by atoms with van der Waals surface area (Å²) >= 11 is 5.85. The van der Waals surface area contributed by atoms with Gasteiger partial charge in [0.25, 0.3) is 5.91 Å². The molecule has 2 bridgehead atoms. The smallest absolute Gasteiger partial charge is 0.251 e. The number of rotatable bonds is 3. The predicted octanol–water partition coefficient (Wildman–Crippen LogP) is 3.09. The summed E-state index contributed by atoms with van der Waals surface area (Å²) in [6.45, 7) is 0.794. The van der Waals surface area contributed by atoms with Crippen LogP contribution in [-0.4, -0.2) is 12.5 Å². The number of nitrogen functional groups attached to an aromatic ring is 1. The van der Waals surface area contributed by atoms with E-state index in [1.807, 2.05) is 0 Å². The molecule has 102 valence electrons. The van der Waals surface area contributed by atoms with Crippen LogP contribution in [-0.2, 0) is 0 Å². The third-order valence-corrected chi connectivity index (χ3v) is 5.01. The number of hydrogen-bond acceptors (Lipinski definition) is 2. The van der Waals surface area contributed by atoms with E-state index in [9.17, 15) is 4.79 Å². The summed E-state index contributed by atoms with van der Waals surface area (Å²) < 4.78 is 0. The summed E-state index contributed by atoms with van der Waals surface area (Å²) in [4.78, 5) is 12.1. The fourth-order valence-corrected chi connectivity index (χ4v) is 3.75. The molecule has 2 aliphatic carbocycles. The number of carbonyl (C=O) groups is 1. The van der Waals surface area contributed by atoms with Gasteiger partial charge in [0.1, 0.15) is 0 Å². The molecule has 2 aliphatic rings. The maximum absolute atomic E-state index is 12.1. The standard InChI is InChI=1S/C15H19ClN2O/c16-13-4-3-11(7-14(13)17)15(19)18-8-12-6-9-1-2-10(12)5-9/h3-4,7,9-10,12H,1-2,5-6,8,17H2,(H,18,19). The van der Waals surface area contributed by atoms with E-state index in [1.165, 1.54) is 25.7 Å². The lowest BCUT2D eigenvalue weighted by Crippen LogP contribution is -2.31. The van der Waals surface area contributed by atoms with E-state index in [0.29, 0.717) is 22.2 Å². The van der Waals surface area contributed by atoms with E-state index < -0.39 is 0 Å². The molecule has 3 rings (SSSR count). The maximum Gasteiger partial charge on any atom is 0.251 e. The highest BCUT2D eigenvalue weighted by molar-refractivity contribution is 6.33. The molecule has 0 spiro atoms. The Bertz CT molecular complexity index is 503. The molecule has 3 nitrogen and oxygen atoms in total. The first kappa shape index (κ1) is 12.8. The predicted molar refractivity (Wildman–Crippen MR) is 77.1 cm³/mol. The second kappa shape index (κ2) is 5.04. The molecule has 0 radical (unpaired) electrons. The largest absolute Gasteiger partial charge is 0.398 e. The monoisotopic (exact) mass is 278 g/mol. The molecule has 3 atom stereocenters. The van der Waals surface area contributed by atoms with Gasteiger partial charge in [-0.25, -0.2) is 0 Å². The average Bonchev–Trinajstić information content (AvgIpc) is 3.01. The van der Waals surface area contributed by atoms with Gasteiger partial charge in [-0.3, -0.25) is 4.79 Å². The van der Waals surface area contributed by atoms with E-state index >= 15 is 0 Å². The van der Waals surface area contributed by atoms with E-state index in [-0.39, 0.29) is 5.91 Å². The first-order valence-corrected chi connectivity index (χ1v) is 7.34. The van der Waals surface area contributed by atoms with Crippen LogP contribution in [0.2, 0.25) is 5.02 Å². The second-order valence-electron chi connectivity index (χ2n) is 5.88. The molecule has 2 saturated carbocycles. The first-order chi connectivity index (χ1) is 9.13. The minimum Gasteiger partial charge on any atom is -0.398 e. The zero-order valence-corrected chi connectivity index (χ0v) is 11.6. The van der Waals surface area contributed by atoms with Gasteiger partial charge in [-0.05, 0) is 55.2 Å². The van der Waals surface area contributed by atoms with Crippen LogP contribution in [0.25, 0.3) is 0 Å². The number of halogens is 1. The molecule has 4 heteroatoms. The molecular formula is C15H19ClN2O. The Morgan fingerprint density at radius 3 is 2.84 bits per heavy atom. The lowest BCUT2D eigenvalue weighted by atomic mass is 9.89. The normalized spacial score (nSPS) is 28.6. The molecule has 19 heavy (non-hydrogen) atoms. The highest BCUT2D eigenvalue weighted by Gasteiger charge is 2.39. The molecule has 0 aromatic heterocycles. The minimum atomic E-state index is -0.0499. The number of carbonyl (C=O) groups excluding carboxylic acids is 1. The average molecular weight is 279 g/mol. The summed E-state index contributed by atoms with van der Waals surface area (Å²) in [6, 6.07) is 5.02. The summed E-state index contributed by atoms with van der Waals surface area (Å²) in [5, 5.41) is 3.53. The lowest BCUT2D eigenvalue weighted by Gasteiger charge is -2.21. The quantitative estimate of drug-likeness (QED) is 0.835. The lowest BCUT2D eigenvalue weighted by molar-refractivity contribution is 0.0942. The number of anilines is 1. The van der Waals surface area contributed by atoms with Crippen LogP contribution in [0.15, 0.2) is 18.2 Å². The summed E-state index contributed by atoms with van der Waals surface area (Å²) in [5.41, 5.74) is 6.76. The summed E-state index contributed by atoms with van der Waals surface area (Å²) in [5.74, 6) is 2.37. The molecule has 0 saturated heterocycles. The van der Waals surface area contributed by atoms with Crippen LogP contribution in [0.1, 0.15) is 36.0 Å². The van der Waals surface area contributed by atoms with E-state index in [0.717, 1.165) is 18.4 Å². The second-order valence-corrected chi connectivity index (χ2v) is 6.29. The van der Waals surface area contributed by atoms with Crippen molar-refractivity contribution in [3.63, 3.8) is 0 Å². The van der Waals surface area contributed by atoms with Gasteiger partial charge in [0.2, 0.25) is 0 Å². The zero-order chi connectivity index (χ0) is 13.4. The van der Waals surface area contributed by atoms with Crippen molar-refractivity contribution in [3.8, 4) is 0 Å². The Morgan fingerprint density at radius 2 is 2.21 bits per heavy atom. The Balaban J connectivity index is 1.57. The number of fused-ring (bicyclic) bond motifs is 2. The Kier molecular flexibility index (Phi) is 3.40. The highest BCUT2D eigenvalue weighted by Crippen LogP contribution is 2.47. The third-order valence-electron chi connectivity index (χ3n) is 4.67. The van der Waals surface area contributed by atoms with Gasteiger partial charge in [0.15, 0.2) is 0 Å². The van der Waals surface area contributed by atoms with Gasteiger partial charge in [0.05, 0.1) is 10.7 Å². The molecule has 0 heterocycles. The first-order valence-electron chi connectivity index (χ1n) is 6.96. The highest BCUT2D eigenvalue weighted by atomic mass is 35.5. The van der Waals surface area contributed by atoms with Crippen molar-refractivity contribution in [2.75, 3.05) is 12.3 Å². The fraction of sp³-hybridized carbons (Fsp3) is 0.533. The molecular weight excluding hydrogens is 260 g/mol. The molecule has 2 fully saturated rings. The van der Waals surface area contributed by atoms with Crippen LogP contribution in [0, 0.1) is 17.8 Å². The SMILES string of the molecule is Nc1cc(C(=O)NCC2CC3CCC2C3)ccc1Cl. The van der Waals surface area contributed by atoms with Gasteiger partial charge in [-0.2, -0.15) is 0 Å². The van der Waals surface area contributed by atoms with Crippen LogP contribution in [0.3, 0.4) is 0 Å². The van der Waals surface area contributed by atoms with Gasteiger partial charge < -0.3 is 11.1 Å². The van der Waals surface area contributed by atoms with Crippen molar-refractivity contribution in [2.24, 2.45) is 17.8 Å². The molecule has 1 amide bonds. The van der Waals surface area contributed by atoms with Crippen molar-refractivity contribution in [3.05, 3.63) is 28.8 Å². The molecule has 1 aromatic rings. The molecule has 0 aliphatic heterocycles. The number of hydrogen-bond donors (Lipinski definition) is 2. The summed E-state index contributed by atoms with van der Waals surface area (Å²) in [7, 11) is 0. The number of nitrogens with one attached hydrogen (secondary N) is 1. The Labute approximate surface area is 118 Å². The summed E-state index contributed by atoms with van der Waals surface area (Å²) in [6.07, 6.45) is 5.39. The third kappa shape index (κ3) is 2.57. The van der Waals surface area contributed by atoms with Crippen molar-refractivity contribution in [2.45, 2.75) is 25.7 Å². The van der Waals surface area contributed by atoms with Crippen LogP contribution < -0.4 is 11.1 Å². The van der Waals surface area contributed by atoms with Gasteiger partial charge in [-0.15, -0.1) is 0 Å². The van der Waals surface area contributed by atoms with Crippen LogP contribution >= 0.6 is 11.6 Å². The number of nitrogens with two attached hydrogens (primary N) is 1. The topological polar surface area (TPSA) is 55.1 Å². The Morgan fingerprint density at radius 1 is 1.37 bits per heavy atom. The van der Waals surface area contributed by atoms with Crippen molar-refractivity contribution < 1.29 is 4.79 Å². The van der Waals surface area contributed by atoms with Gasteiger partial charge in [0, 0.05) is 12.1 Å². The van der Waals surface area contributed by atoms with Crippen molar-refractivity contribution >= 4 is 23.2 Å². The van der Waals surface area contributed by atoms with Gasteiger partial charge >= 0.3 is 0 Å². The zero-order valence-electron chi connectivity index (χ0n) is 10.9. The molecule has 1 aromatic carbocycles. The van der Waals surface area contributed by atoms with Crippen LogP contribution in [0.5, 0.6) is 0 Å². The van der Waals surface area contributed by atoms with E-state index in [2.05, 4.69) is 5.32 Å². The van der Waals surface area contributed by atoms with Crippen molar-refractivity contribution in [1.82, 2.24) is 5.32 Å². The van der Waals surface area contributed by atoms with Crippen molar-refractivity contribution in [1.29, 1.82) is 0 Å². The number of benzene rings is 1. The molecule has 3 N–H and O–H groups in total. The maximum atomic E-state index is 12.1. The minimum absolute atomic E-state index is 0.0499. The van der Waals surface area contributed by atoms with E-state index in [4.69, 9.17) is 17.3 Å². The van der Waals surface area contributed by atoms with E-state index in [1.54, 1.807) is 18.2 Å². The van der Waals surface area contributed by atoms with Gasteiger partial charge in [-0.1, -0.05) is 18.0 Å². The Hall–Kier alpha value is -1.22. The molecule has 3 unspecified atom stereocenters.